The monoisotopic (exact) mass is 278 g/mol. The van der Waals surface area contributed by atoms with Crippen LogP contribution in [0, 0.1) is 10.1 Å². The Kier molecular flexibility index (Phi) is 4.68. The molecule has 1 aromatic carbocycles. The lowest BCUT2D eigenvalue weighted by Gasteiger charge is -2.34. The zero-order valence-electron chi connectivity index (χ0n) is 11.4. The second-order valence-electron chi connectivity index (χ2n) is 4.78. The van der Waals surface area contributed by atoms with Crippen LogP contribution in [0.3, 0.4) is 0 Å². The molecule has 1 unspecified atom stereocenters. The van der Waals surface area contributed by atoms with Crippen molar-refractivity contribution in [2.45, 2.75) is 25.9 Å². The molecule has 1 atom stereocenters. The Hall–Kier alpha value is -1.95. The minimum atomic E-state index is -0.490. The first kappa shape index (κ1) is 14.5. The molecule has 1 saturated heterocycles. The third kappa shape index (κ3) is 3.14. The van der Waals surface area contributed by atoms with Gasteiger partial charge >= 0.3 is 0 Å². The van der Waals surface area contributed by atoms with Crippen LogP contribution in [-0.2, 0) is 4.74 Å². The average Bonchev–Trinajstić information content (AvgIpc) is 2.47. The van der Waals surface area contributed by atoms with Crippen molar-refractivity contribution in [2.24, 2.45) is 0 Å². The van der Waals surface area contributed by atoms with Crippen molar-refractivity contribution in [3.8, 4) is 0 Å². The zero-order chi connectivity index (χ0) is 14.5. The summed E-state index contributed by atoms with van der Waals surface area (Å²) in [6.07, 6.45) is 2.82. The fourth-order valence-electron chi connectivity index (χ4n) is 2.57. The maximum Gasteiger partial charge on any atom is 0.270 e. The van der Waals surface area contributed by atoms with Gasteiger partial charge in [-0.2, -0.15) is 0 Å². The Labute approximate surface area is 117 Å². The molecule has 0 aromatic heterocycles. The number of benzene rings is 1. The quantitative estimate of drug-likeness (QED) is 0.470. The molecule has 0 amide bonds. The summed E-state index contributed by atoms with van der Waals surface area (Å²) in [6, 6.07) is 4.41. The van der Waals surface area contributed by atoms with Crippen LogP contribution in [0.4, 0.5) is 11.4 Å². The van der Waals surface area contributed by atoms with Crippen molar-refractivity contribution in [1.82, 2.24) is 0 Å². The number of piperidine rings is 1. The van der Waals surface area contributed by atoms with Crippen molar-refractivity contribution in [1.29, 1.82) is 0 Å². The maximum absolute atomic E-state index is 11.2. The second kappa shape index (κ2) is 6.47. The first-order chi connectivity index (χ1) is 9.65. The number of nitro groups is 1. The van der Waals surface area contributed by atoms with Crippen molar-refractivity contribution in [2.75, 3.05) is 24.6 Å². The molecule has 1 fully saturated rings. The average molecular weight is 278 g/mol. The van der Waals surface area contributed by atoms with Gasteiger partial charge in [0.15, 0.2) is 6.29 Å². The van der Waals surface area contributed by atoms with Gasteiger partial charge in [0.2, 0.25) is 0 Å². The Morgan fingerprint density at radius 2 is 2.35 bits per heavy atom. The highest BCUT2D eigenvalue weighted by atomic mass is 16.6. The van der Waals surface area contributed by atoms with Gasteiger partial charge in [-0.15, -0.1) is 0 Å². The van der Waals surface area contributed by atoms with Crippen LogP contribution in [0.25, 0.3) is 0 Å². The zero-order valence-corrected chi connectivity index (χ0v) is 11.4. The van der Waals surface area contributed by atoms with E-state index in [-0.39, 0.29) is 11.8 Å². The Balaban J connectivity index is 2.23. The van der Waals surface area contributed by atoms with E-state index >= 15 is 0 Å². The molecule has 6 nitrogen and oxygen atoms in total. The van der Waals surface area contributed by atoms with Gasteiger partial charge in [0.05, 0.1) is 11.0 Å². The minimum Gasteiger partial charge on any atom is -0.377 e. The number of nitrogens with zero attached hydrogens (tertiary/aromatic N) is 2. The summed E-state index contributed by atoms with van der Waals surface area (Å²) in [5, 5.41) is 10.7. The highest BCUT2D eigenvalue weighted by molar-refractivity contribution is 5.86. The number of nitro benzene ring substituents is 1. The van der Waals surface area contributed by atoms with E-state index in [1.807, 2.05) is 6.92 Å². The van der Waals surface area contributed by atoms with E-state index in [4.69, 9.17) is 4.74 Å². The molecule has 0 N–H and O–H groups in total. The third-order valence-electron chi connectivity index (χ3n) is 3.47. The van der Waals surface area contributed by atoms with Crippen molar-refractivity contribution in [3.63, 3.8) is 0 Å². The van der Waals surface area contributed by atoms with E-state index in [2.05, 4.69) is 4.90 Å². The molecule has 108 valence electrons. The van der Waals surface area contributed by atoms with Gasteiger partial charge in [0, 0.05) is 43.1 Å². The van der Waals surface area contributed by atoms with E-state index in [9.17, 15) is 14.9 Å². The molecule has 0 saturated carbocycles. The normalized spacial score (nSPS) is 18.9. The van der Waals surface area contributed by atoms with Gasteiger partial charge in [0.25, 0.3) is 5.69 Å². The summed E-state index contributed by atoms with van der Waals surface area (Å²) in [4.78, 5) is 23.5. The number of anilines is 1. The van der Waals surface area contributed by atoms with Gasteiger partial charge < -0.3 is 9.64 Å². The van der Waals surface area contributed by atoms with E-state index < -0.39 is 4.92 Å². The molecule has 0 aliphatic carbocycles. The number of hydrogen-bond acceptors (Lipinski definition) is 5. The summed E-state index contributed by atoms with van der Waals surface area (Å²) >= 11 is 0. The molecular formula is C14H18N2O4. The summed E-state index contributed by atoms with van der Waals surface area (Å²) in [7, 11) is 0. The molecular weight excluding hydrogens is 260 g/mol. The number of hydrogen-bond donors (Lipinski definition) is 0. The van der Waals surface area contributed by atoms with Crippen molar-refractivity contribution in [3.05, 3.63) is 33.9 Å². The third-order valence-corrected chi connectivity index (χ3v) is 3.47. The Morgan fingerprint density at radius 3 is 3.00 bits per heavy atom. The lowest BCUT2D eigenvalue weighted by atomic mass is 10.0. The topological polar surface area (TPSA) is 72.7 Å². The van der Waals surface area contributed by atoms with Gasteiger partial charge in [-0.1, -0.05) is 0 Å². The first-order valence-corrected chi connectivity index (χ1v) is 6.76. The molecule has 0 radical (unpaired) electrons. The minimum absolute atomic E-state index is 0.0609. The van der Waals surface area contributed by atoms with Crippen LogP contribution in [0.2, 0.25) is 0 Å². The summed E-state index contributed by atoms with van der Waals surface area (Å²) < 4.78 is 5.63. The SMILES string of the molecule is CCOC1CCCN(c2ccc([N+](=O)[O-])cc2C=O)C1. The number of carbonyl (C=O) groups excluding carboxylic acids is 1. The molecule has 0 spiro atoms. The highest BCUT2D eigenvalue weighted by Gasteiger charge is 2.23. The van der Waals surface area contributed by atoms with E-state index in [0.717, 1.165) is 25.1 Å². The first-order valence-electron chi connectivity index (χ1n) is 6.76. The lowest BCUT2D eigenvalue weighted by molar-refractivity contribution is -0.384. The predicted molar refractivity (Wildman–Crippen MR) is 75.3 cm³/mol. The van der Waals surface area contributed by atoms with Gasteiger partial charge in [-0.3, -0.25) is 14.9 Å². The van der Waals surface area contributed by atoms with Crippen molar-refractivity contribution >= 4 is 17.7 Å². The van der Waals surface area contributed by atoms with Gasteiger partial charge in [-0.25, -0.2) is 0 Å². The summed E-state index contributed by atoms with van der Waals surface area (Å²) in [5.41, 5.74) is 1.04. The molecule has 1 aromatic rings. The molecule has 0 bridgehead atoms. The molecule has 1 heterocycles. The number of rotatable bonds is 5. The largest absolute Gasteiger partial charge is 0.377 e. The lowest BCUT2D eigenvalue weighted by Crippen LogP contribution is -2.40. The van der Waals surface area contributed by atoms with Crippen LogP contribution >= 0.6 is 0 Å². The smallest absolute Gasteiger partial charge is 0.270 e. The highest BCUT2D eigenvalue weighted by Crippen LogP contribution is 2.27. The fourth-order valence-corrected chi connectivity index (χ4v) is 2.57. The molecule has 6 heteroatoms. The van der Waals surface area contributed by atoms with Gasteiger partial charge in [0.1, 0.15) is 0 Å². The number of non-ortho nitro benzene ring substituents is 1. The Morgan fingerprint density at radius 1 is 1.55 bits per heavy atom. The molecule has 1 aliphatic heterocycles. The summed E-state index contributed by atoms with van der Waals surface area (Å²) in [5.74, 6) is 0. The molecule has 2 rings (SSSR count). The van der Waals surface area contributed by atoms with Crippen LogP contribution in [0.5, 0.6) is 0 Å². The molecule has 1 aliphatic rings. The van der Waals surface area contributed by atoms with Crippen LogP contribution in [-0.4, -0.2) is 37.0 Å². The van der Waals surface area contributed by atoms with Crippen LogP contribution in [0.1, 0.15) is 30.1 Å². The number of ether oxygens (including phenoxy) is 1. The summed E-state index contributed by atoms with van der Waals surface area (Å²) in [6.45, 7) is 4.18. The van der Waals surface area contributed by atoms with Crippen molar-refractivity contribution < 1.29 is 14.5 Å². The van der Waals surface area contributed by atoms with Crippen LogP contribution < -0.4 is 4.90 Å². The maximum atomic E-state index is 11.2. The molecule has 20 heavy (non-hydrogen) atoms. The van der Waals surface area contributed by atoms with E-state index in [1.165, 1.54) is 12.1 Å². The number of carbonyl (C=O) groups is 1. The van der Waals surface area contributed by atoms with E-state index in [1.54, 1.807) is 6.07 Å². The number of aldehydes is 1. The Bertz CT molecular complexity index is 502. The fraction of sp³-hybridized carbons (Fsp3) is 0.500. The standard InChI is InChI=1S/C14H18N2O4/c1-2-20-13-4-3-7-15(9-13)14-6-5-12(16(18)19)8-11(14)10-17/h5-6,8,10,13H,2-4,7,9H2,1H3. The van der Waals surface area contributed by atoms with E-state index in [0.29, 0.717) is 25.0 Å². The predicted octanol–water partition coefficient (Wildman–Crippen LogP) is 2.41. The second-order valence-corrected chi connectivity index (χ2v) is 4.78. The van der Waals surface area contributed by atoms with Crippen LogP contribution in [0.15, 0.2) is 18.2 Å². The van der Waals surface area contributed by atoms with Gasteiger partial charge in [-0.05, 0) is 25.8 Å².